The number of halogens is 1. The summed E-state index contributed by atoms with van der Waals surface area (Å²) >= 11 is 0. The Morgan fingerprint density at radius 2 is 1.62 bits per heavy atom. The number of hydrogen-bond donors (Lipinski definition) is 0. The second-order valence-electron chi connectivity index (χ2n) is 4.26. The molecule has 0 N–H and O–H groups in total. The minimum atomic E-state index is -1.97. The van der Waals surface area contributed by atoms with E-state index in [2.05, 4.69) is 0 Å². The Labute approximate surface area is 123 Å². The Hall–Kier alpha value is -1.95. The Morgan fingerprint density at radius 3 is 2.05 bits per heavy atom. The van der Waals surface area contributed by atoms with Crippen molar-refractivity contribution >= 4 is 11.9 Å². The second kappa shape index (κ2) is 7.73. The number of hydrogen-bond acceptors (Lipinski definition) is 5. The van der Waals surface area contributed by atoms with E-state index in [9.17, 15) is 14.0 Å². The third-order valence-electron chi connectivity index (χ3n) is 2.94. The first-order chi connectivity index (χ1) is 10.0. The van der Waals surface area contributed by atoms with Crippen molar-refractivity contribution < 1.29 is 28.2 Å². The van der Waals surface area contributed by atoms with Crippen LogP contribution in [0.3, 0.4) is 0 Å². The summed E-state index contributed by atoms with van der Waals surface area (Å²) in [5.41, 5.74) is -2.09. The van der Waals surface area contributed by atoms with Crippen LogP contribution < -0.4 is 0 Å². The van der Waals surface area contributed by atoms with E-state index in [4.69, 9.17) is 14.2 Å². The number of methoxy groups -OCH3 is 1. The van der Waals surface area contributed by atoms with E-state index in [-0.39, 0.29) is 25.4 Å². The van der Waals surface area contributed by atoms with Gasteiger partial charge in [-0.15, -0.1) is 0 Å². The lowest BCUT2D eigenvalue weighted by molar-refractivity contribution is -0.168. The van der Waals surface area contributed by atoms with Crippen LogP contribution >= 0.6 is 0 Å². The van der Waals surface area contributed by atoms with Crippen molar-refractivity contribution in [2.75, 3.05) is 26.9 Å². The van der Waals surface area contributed by atoms with Crippen molar-refractivity contribution in [2.24, 2.45) is 0 Å². The first-order valence-corrected chi connectivity index (χ1v) is 6.62. The van der Waals surface area contributed by atoms with E-state index < -0.39 is 23.2 Å². The van der Waals surface area contributed by atoms with Crippen LogP contribution in [0.15, 0.2) is 24.3 Å². The molecule has 0 bridgehead atoms. The van der Waals surface area contributed by atoms with Gasteiger partial charge < -0.3 is 14.2 Å². The molecule has 116 valence electrons. The number of esters is 2. The molecule has 0 heterocycles. The molecule has 0 amide bonds. The number of carbonyl (C=O) groups is 2. The summed E-state index contributed by atoms with van der Waals surface area (Å²) in [5, 5.41) is 0. The zero-order chi connectivity index (χ0) is 15.9. The molecule has 0 fully saturated rings. The fraction of sp³-hybridized carbons (Fsp3) is 0.467. The average Bonchev–Trinajstić information content (AvgIpc) is 2.46. The Morgan fingerprint density at radius 1 is 1.10 bits per heavy atom. The van der Waals surface area contributed by atoms with Gasteiger partial charge in [0.2, 0.25) is 5.41 Å². The van der Waals surface area contributed by atoms with Crippen LogP contribution in [0, 0.1) is 5.82 Å². The van der Waals surface area contributed by atoms with Crippen LogP contribution in [-0.4, -0.2) is 38.9 Å². The molecule has 21 heavy (non-hydrogen) atoms. The zero-order valence-electron chi connectivity index (χ0n) is 12.3. The van der Waals surface area contributed by atoms with Gasteiger partial charge in [0.1, 0.15) is 5.82 Å². The fourth-order valence-corrected chi connectivity index (χ4v) is 2.03. The highest BCUT2D eigenvalue weighted by Crippen LogP contribution is 2.30. The molecule has 1 aromatic carbocycles. The molecule has 0 spiro atoms. The van der Waals surface area contributed by atoms with Gasteiger partial charge in [-0.25, -0.2) is 4.39 Å². The maximum atomic E-state index is 14.1. The van der Waals surface area contributed by atoms with E-state index in [0.717, 1.165) is 6.07 Å². The maximum Gasteiger partial charge on any atom is 0.330 e. The normalized spacial score (nSPS) is 11.0. The Bertz CT molecular complexity index is 483. The molecule has 0 saturated carbocycles. The van der Waals surface area contributed by atoms with Crippen molar-refractivity contribution in [3.05, 3.63) is 35.6 Å². The van der Waals surface area contributed by atoms with Gasteiger partial charge in [0.15, 0.2) is 0 Å². The molecule has 5 nitrogen and oxygen atoms in total. The first-order valence-electron chi connectivity index (χ1n) is 6.62. The highest BCUT2D eigenvalue weighted by atomic mass is 19.1. The molecule has 0 unspecified atom stereocenters. The summed E-state index contributed by atoms with van der Waals surface area (Å²) in [7, 11) is 1.31. The molecule has 0 aliphatic rings. The Kier molecular flexibility index (Phi) is 6.30. The lowest BCUT2D eigenvalue weighted by Crippen LogP contribution is -2.50. The number of benzene rings is 1. The third kappa shape index (κ3) is 3.39. The number of rotatable bonds is 7. The molecule has 0 aliphatic heterocycles. The van der Waals surface area contributed by atoms with Gasteiger partial charge in [0, 0.05) is 12.7 Å². The molecule has 0 saturated heterocycles. The van der Waals surface area contributed by atoms with Crippen molar-refractivity contribution in [1.82, 2.24) is 0 Å². The SMILES string of the molecule is CCOC(=O)C(COC)(C(=O)OCC)c1ccccc1F. The van der Waals surface area contributed by atoms with Gasteiger partial charge in [0.25, 0.3) is 0 Å². The largest absolute Gasteiger partial charge is 0.465 e. The summed E-state index contributed by atoms with van der Waals surface area (Å²) in [6, 6.07) is 5.51. The fourth-order valence-electron chi connectivity index (χ4n) is 2.03. The minimum Gasteiger partial charge on any atom is -0.465 e. The van der Waals surface area contributed by atoms with Crippen LogP contribution in [0.4, 0.5) is 4.39 Å². The summed E-state index contributed by atoms with van der Waals surface area (Å²) in [6.07, 6.45) is 0. The molecule has 6 heteroatoms. The molecule has 1 rings (SSSR count). The monoisotopic (exact) mass is 298 g/mol. The average molecular weight is 298 g/mol. The molecule has 0 radical (unpaired) electrons. The van der Waals surface area contributed by atoms with Crippen LogP contribution in [0.5, 0.6) is 0 Å². The van der Waals surface area contributed by atoms with E-state index in [1.165, 1.54) is 25.3 Å². The van der Waals surface area contributed by atoms with Crippen molar-refractivity contribution in [1.29, 1.82) is 0 Å². The van der Waals surface area contributed by atoms with Crippen LogP contribution in [0.2, 0.25) is 0 Å². The molecule has 1 aromatic rings. The maximum absolute atomic E-state index is 14.1. The topological polar surface area (TPSA) is 61.8 Å². The van der Waals surface area contributed by atoms with E-state index in [1.54, 1.807) is 13.8 Å². The standard InChI is InChI=1S/C15H19FO5/c1-4-20-13(17)15(10-19-3,14(18)21-5-2)11-8-6-7-9-12(11)16/h6-9H,4-5,10H2,1-3H3. The van der Waals surface area contributed by atoms with Gasteiger partial charge in [-0.3, -0.25) is 9.59 Å². The van der Waals surface area contributed by atoms with Gasteiger partial charge in [0.05, 0.1) is 19.8 Å². The van der Waals surface area contributed by atoms with Gasteiger partial charge >= 0.3 is 11.9 Å². The third-order valence-corrected chi connectivity index (χ3v) is 2.94. The van der Waals surface area contributed by atoms with Crippen molar-refractivity contribution in [2.45, 2.75) is 19.3 Å². The summed E-state index contributed by atoms with van der Waals surface area (Å²) in [6.45, 7) is 2.94. The van der Waals surface area contributed by atoms with Crippen LogP contribution in [0.25, 0.3) is 0 Å². The number of carbonyl (C=O) groups excluding carboxylic acids is 2. The van der Waals surface area contributed by atoms with Gasteiger partial charge in [-0.2, -0.15) is 0 Å². The highest BCUT2D eigenvalue weighted by Gasteiger charge is 2.52. The lowest BCUT2D eigenvalue weighted by atomic mass is 9.80. The summed E-state index contributed by atoms with van der Waals surface area (Å²) in [4.78, 5) is 24.7. The van der Waals surface area contributed by atoms with Crippen molar-refractivity contribution in [3.8, 4) is 0 Å². The van der Waals surface area contributed by atoms with Gasteiger partial charge in [-0.1, -0.05) is 18.2 Å². The van der Waals surface area contributed by atoms with Crippen LogP contribution in [0.1, 0.15) is 19.4 Å². The minimum absolute atomic E-state index is 0.0537. The lowest BCUT2D eigenvalue weighted by Gasteiger charge is -2.29. The quantitative estimate of drug-likeness (QED) is 0.568. The number of ether oxygens (including phenoxy) is 3. The second-order valence-corrected chi connectivity index (χ2v) is 4.26. The summed E-state index contributed by atoms with van der Waals surface area (Å²) < 4.78 is 29.0. The molecular formula is C15H19FO5. The van der Waals surface area contributed by atoms with E-state index in [1.807, 2.05) is 0 Å². The molecule has 0 aliphatic carbocycles. The molecule has 0 aromatic heterocycles. The van der Waals surface area contributed by atoms with Crippen LogP contribution in [-0.2, 0) is 29.2 Å². The summed E-state index contributed by atoms with van der Waals surface area (Å²) in [5.74, 6) is -2.48. The first kappa shape index (κ1) is 17.1. The van der Waals surface area contributed by atoms with Crippen molar-refractivity contribution in [3.63, 3.8) is 0 Å². The smallest absolute Gasteiger partial charge is 0.330 e. The highest BCUT2D eigenvalue weighted by molar-refractivity contribution is 6.06. The predicted molar refractivity (Wildman–Crippen MR) is 73.2 cm³/mol. The van der Waals surface area contributed by atoms with E-state index in [0.29, 0.717) is 0 Å². The predicted octanol–water partition coefficient (Wildman–Crippen LogP) is 1.84. The Balaban J connectivity index is 3.47. The van der Waals surface area contributed by atoms with E-state index >= 15 is 0 Å². The zero-order valence-corrected chi connectivity index (χ0v) is 12.3. The molecule has 0 atom stereocenters. The van der Waals surface area contributed by atoms with Gasteiger partial charge in [-0.05, 0) is 19.9 Å². The molecular weight excluding hydrogens is 279 g/mol.